The topological polar surface area (TPSA) is 125 Å². The number of benzene rings is 1. The minimum absolute atomic E-state index is 0.0444. The number of rotatable bonds is 11. The lowest BCUT2D eigenvalue weighted by molar-refractivity contribution is -0.119. The van der Waals surface area contributed by atoms with Crippen LogP contribution >= 0.6 is 23.2 Å². The van der Waals surface area contributed by atoms with E-state index < -0.39 is 5.82 Å². The van der Waals surface area contributed by atoms with Crippen LogP contribution in [-0.2, 0) is 17.9 Å². The maximum absolute atomic E-state index is 15.5. The van der Waals surface area contributed by atoms with Gasteiger partial charge in [-0.15, -0.1) is 0 Å². The van der Waals surface area contributed by atoms with Crippen molar-refractivity contribution in [2.45, 2.75) is 44.5 Å². The number of halogens is 3. The lowest BCUT2D eigenvalue weighted by Gasteiger charge is -2.17. The predicted octanol–water partition coefficient (Wildman–Crippen LogP) is 5.34. The van der Waals surface area contributed by atoms with E-state index in [9.17, 15) is 9.90 Å². The number of nitrogens with one attached hydrogen (secondary N) is 3. The fraction of sp³-hybridized carbons (Fsp3) is 0.333. The molecule has 2 atom stereocenters. The van der Waals surface area contributed by atoms with Crippen LogP contribution in [0.5, 0.6) is 5.88 Å². The molecular weight excluding hydrogens is 632 g/mol. The molecule has 6 rings (SSSR count). The van der Waals surface area contributed by atoms with E-state index in [1.807, 2.05) is 17.0 Å². The number of anilines is 2. The summed E-state index contributed by atoms with van der Waals surface area (Å²) in [5.41, 5.74) is 4.00. The number of likely N-dealkylation sites (tertiary alicyclic amines) is 1. The van der Waals surface area contributed by atoms with Crippen molar-refractivity contribution in [3.05, 3.63) is 81.8 Å². The standard InChI is InChI=1S/C33H34Cl2FN7O3/c1-46-33-19(15-37-16-21-6-8-27(45)40-21)5-7-25(42-33)23-10-13-38-31(29(23)35)24-3-2-4-26(28(24)34)41-32-30(36)20(9-12-39-32)17-43-14-11-22(44)18-43/h2-5,7,9-10,12-13,21-22,37,44H,6,8,11,14-18H2,1H3,(H,39,41)(H,40,45)/t21-,22-/m0/s1. The number of carbonyl (C=O) groups is 1. The number of aliphatic hydroxyl groups is 1. The number of β-amino-alcohol motifs (C(OH)–C–C–N with tert-alkyl or cyclic N) is 1. The normalized spacial score (nSPS) is 18.2. The molecule has 4 aromatic rings. The molecule has 10 nitrogen and oxygen atoms in total. The van der Waals surface area contributed by atoms with Gasteiger partial charge >= 0.3 is 0 Å². The van der Waals surface area contributed by atoms with Crippen LogP contribution in [0.25, 0.3) is 22.5 Å². The number of amides is 1. The second-order valence-electron chi connectivity index (χ2n) is 11.4. The molecule has 2 fully saturated rings. The van der Waals surface area contributed by atoms with Crippen LogP contribution in [0.15, 0.2) is 54.9 Å². The van der Waals surface area contributed by atoms with E-state index in [1.54, 1.807) is 49.8 Å². The molecule has 1 amide bonds. The van der Waals surface area contributed by atoms with Gasteiger partial charge in [0, 0.05) is 79.8 Å². The minimum Gasteiger partial charge on any atom is -0.481 e. The predicted molar refractivity (Wildman–Crippen MR) is 176 cm³/mol. The first kappa shape index (κ1) is 32.1. The Balaban J connectivity index is 1.21. The number of methoxy groups -OCH3 is 1. The van der Waals surface area contributed by atoms with Crippen molar-refractivity contribution in [1.29, 1.82) is 0 Å². The van der Waals surface area contributed by atoms with E-state index in [2.05, 4.69) is 25.9 Å². The van der Waals surface area contributed by atoms with Crippen LogP contribution in [-0.4, -0.2) is 69.8 Å². The molecule has 0 bridgehead atoms. The van der Waals surface area contributed by atoms with Crippen molar-refractivity contribution in [3.8, 4) is 28.4 Å². The highest BCUT2D eigenvalue weighted by atomic mass is 35.5. The molecule has 1 aromatic carbocycles. The highest BCUT2D eigenvalue weighted by molar-refractivity contribution is 6.39. The highest BCUT2D eigenvalue weighted by Gasteiger charge is 2.23. The summed E-state index contributed by atoms with van der Waals surface area (Å²) in [6, 6.07) is 12.6. The molecule has 0 unspecified atom stereocenters. The summed E-state index contributed by atoms with van der Waals surface area (Å²) in [5.74, 6) is 0.104. The third kappa shape index (κ3) is 7.08. The first-order valence-corrected chi connectivity index (χ1v) is 15.8. The number of aliphatic hydroxyl groups excluding tert-OH is 1. The minimum atomic E-state index is -0.479. The van der Waals surface area contributed by atoms with Gasteiger partial charge in [-0.25, -0.2) is 14.4 Å². The average molecular weight is 667 g/mol. The van der Waals surface area contributed by atoms with E-state index in [0.717, 1.165) is 12.0 Å². The van der Waals surface area contributed by atoms with Gasteiger partial charge in [-0.1, -0.05) is 41.4 Å². The molecule has 4 N–H and O–H groups in total. The average Bonchev–Trinajstić information content (AvgIpc) is 3.67. The molecule has 0 saturated carbocycles. The van der Waals surface area contributed by atoms with E-state index in [1.165, 1.54) is 0 Å². The van der Waals surface area contributed by atoms with Gasteiger partial charge in [0.1, 0.15) is 0 Å². The molecule has 3 aromatic heterocycles. The Bertz CT molecular complexity index is 1740. The fourth-order valence-corrected chi connectivity index (χ4v) is 6.37. The van der Waals surface area contributed by atoms with Crippen LogP contribution < -0.4 is 20.7 Å². The smallest absolute Gasteiger partial charge is 0.220 e. The molecule has 2 aliphatic heterocycles. The molecule has 0 aliphatic carbocycles. The zero-order chi connectivity index (χ0) is 32.2. The van der Waals surface area contributed by atoms with E-state index in [-0.39, 0.29) is 23.9 Å². The molecule has 0 spiro atoms. The van der Waals surface area contributed by atoms with Gasteiger partial charge in [0.25, 0.3) is 0 Å². The van der Waals surface area contributed by atoms with Crippen LogP contribution in [0.3, 0.4) is 0 Å². The number of ether oxygens (including phenoxy) is 1. The van der Waals surface area contributed by atoms with E-state index in [0.29, 0.717) is 95.3 Å². The summed E-state index contributed by atoms with van der Waals surface area (Å²) in [6.07, 6.45) is 4.84. The Hall–Kier alpha value is -3.87. The summed E-state index contributed by atoms with van der Waals surface area (Å²) in [4.78, 5) is 26.9. The lowest BCUT2D eigenvalue weighted by atomic mass is 10.1. The van der Waals surface area contributed by atoms with E-state index >= 15 is 4.39 Å². The number of carbonyl (C=O) groups excluding carboxylic acids is 1. The van der Waals surface area contributed by atoms with Gasteiger partial charge in [-0.05, 0) is 37.1 Å². The summed E-state index contributed by atoms with van der Waals surface area (Å²) >= 11 is 13.8. The SMILES string of the molecule is COc1nc(-c2ccnc(-c3cccc(Nc4nccc(CN5CC[C@H](O)C5)c4F)c3Cl)c2Cl)ccc1CNC[C@@H]1CCC(=O)N1. The van der Waals surface area contributed by atoms with E-state index in [4.69, 9.17) is 32.9 Å². The summed E-state index contributed by atoms with van der Waals surface area (Å²) in [7, 11) is 1.56. The summed E-state index contributed by atoms with van der Waals surface area (Å²) < 4.78 is 21.1. The van der Waals surface area contributed by atoms with Crippen molar-refractivity contribution in [2.24, 2.45) is 0 Å². The second-order valence-corrected chi connectivity index (χ2v) is 12.2. The zero-order valence-corrected chi connectivity index (χ0v) is 26.7. The monoisotopic (exact) mass is 665 g/mol. The zero-order valence-electron chi connectivity index (χ0n) is 25.2. The Kier molecular flexibility index (Phi) is 9.95. The Morgan fingerprint density at radius 1 is 1.07 bits per heavy atom. The molecular formula is C33H34Cl2FN7O3. The molecule has 2 saturated heterocycles. The van der Waals surface area contributed by atoms with Crippen molar-refractivity contribution >= 4 is 40.6 Å². The second kappa shape index (κ2) is 14.3. The highest BCUT2D eigenvalue weighted by Crippen LogP contribution is 2.41. The van der Waals surface area contributed by atoms with Gasteiger partial charge in [0.2, 0.25) is 11.8 Å². The van der Waals surface area contributed by atoms with Crippen molar-refractivity contribution in [3.63, 3.8) is 0 Å². The molecule has 2 aliphatic rings. The first-order chi connectivity index (χ1) is 22.3. The van der Waals surface area contributed by atoms with Crippen molar-refractivity contribution in [1.82, 2.24) is 30.5 Å². The fourth-order valence-electron chi connectivity index (χ4n) is 5.80. The Morgan fingerprint density at radius 3 is 2.67 bits per heavy atom. The molecule has 0 radical (unpaired) electrons. The number of aromatic nitrogens is 3. The maximum atomic E-state index is 15.5. The Labute approximate surface area is 276 Å². The Morgan fingerprint density at radius 2 is 1.91 bits per heavy atom. The van der Waals surface area contributed by atoms with Crippen LogP contribution in [0.4, 0.5) is 15.9 Å². The third-order valence-electron chi connectivity index (χ3n) is 8.21. The third-order valence-corrected chi connectivity index (χ3v) is 9.00. The summed E-state index contributed by atoms with van der Waals surface area (Å²) in [6.45, 7) is 2.77. The number of nitrogens with zero attached hydrogens (tertiary/aromatic N) is 4. The van der Waals surface area contributed by atoms with Crippen LogP contribution in [0.1, 0.15) is 30.4 Å². The van der Waals surface area contributed by atoms with Crippen LogP contribution in [0.2, 0.25) is 10.0 Å². The molecule has 240 valence electrons. The maximum Gasteiger partial charge on any atom is 0.220 e. The molecule has 5 heterocycles. The number of hydrogen-bond acceptors (Lipinski definition) is 9. The van der Waals surface area contributed by atoms with Crippen LogP contribution in [0, 0.1) is 5.82 Å². The van der Waals surface area contributed by atoms with Crippen molar-refractivity contribution < 1.29 is 19.0 Å². The summed E-state index contributed by atoms with van der Waals surface area (Å²) in [5, 5.41) is 19.8. The number of hydrogen-bond donors (Lipinski definition) is 4. The lowest BCUT2D eigenvalue weighted by Crippen LogP contribution is -2.35. The largest absolute Gasteiger partial charge is 0.481 e. The quantitative estimate of drug-likeness (QED) is 0.168. The van der Waals surface area contributed by atoms with Crippen molar-refractivity contribution in [2.75, 3.05) is 32.1 Å². The van der Waals surface area contributed by atoms with Gasteiger partial charge < -0.3 is 25.8 Å². The molecule has 13 heteroatoms. The van der Waals surface area contributed by atoms with Gasteiger partial charge in [0.15, 0.2) is 11.6 Å². The number of pyridine rings is 3. The first-order valence-electron chi connectivity index (χ1n) is 15.1. The van der Waals surface area contributed by atoms with Gasteiger partial charge in [-0.3, -0.25) is 14.7 Å². The van der Waals surface area contributed by atoms with Gasteiger partial charge in [-0.2, -0.15) is 0 Å². The molecule has 46 heavy (non-hydrogen) atoms. The van der Waals surface area contributed by atoms with Gasteiger partial charge in [0.05, 0.1) is 40.3 Å².